The second-order valence-electron chi connectivity index (χ2n) is 3.72. The summed E-state index contributed by atoms with van der Waals surface area (Å²) in [5, 5.41) is 5.85. The lowest BCUT2D eigenvalue weighted by Gasteiger charge is -2.08. The summed E-state index contributed by atoms with van der Waals surface area (Å²) in [7, 11) is 0. The van der Waals surface area contributed by atoms with E-state index in [2.05, 4.69) is 31.5 Å². The summed E-state index contributed by atoms with van der Waals surface area (Å²) in [4.78, 5) is 15.1. The maximum Gasteiger partial charge on any atom is 0.221 e. The number of aromatic nitrogens is 1. The molecule has 0 unspecified atom stereocenters. The summed E-state index contributed by atoms with van der Waals surface area (Å²) in [5.74, 6) is 0.610. The Morgan fingerprint density at radius 2 is 2.00 bits per heavy atom. The van der Waals surface area contributed by atoms with Crippen LogP contribution in [0.5, 0.6) is 0 Å². The molecule has 5 heteroatoms. The van der Waals surface area contributed by atoms with E-state index in [0.29, 0.717) is 5.69 Å². The maximum atomic E-state index is 10.9. The van der Waals surface area contributed by atoms with E-state index in [1.807, 2.05) is 30.3 Å². The number of pyridine rings is 1. The summed E-state index contributed by atoms with van der Waals surface area (Å²) in [6.07, 6.45) is 1.61. The second kappa shape index (κ2) is 5.64. The molecule has 0 atom stereocenters. The van der Waals surface area contributed by atoms with Crippen LogP contribution in [-0.2, 0) is 4.79 Å². The number of nitrogens with zero attached hydrogens (tertiary/aromatic N) is 1. The Labute approximate surface area is 114 Å². The average Bonchev–Trinajstić information content (AvgIpc) is 2.34. The molecule has 0 radical (unpaired) electrons. The summed E-state index contributed by atoms with van der Waals surface area (Å²) >= 11 is 3.45. The van der Waals surface area contributed by atoms with Crippen LogP contribution >= 0.6 is 15.9 Å². The van der Waals surface area contributed by atoms with Gasteiger partial charge >= 0.3 is 0 Å². The van der Waals surface area contributed by atoms with Gasteiger partial charge in [0.05, 0.1) is 17.6 Å². The van der Waals surface area contributed by atoms with Gasteiger partial charge in [0.25, 0.3) is 0 Å². The van der Waals surface area contributed by atoms with Gasteiger partial charge in [-0.25, -0.2) is 4.98 Å². The smallest absolute Gasteiger partial charge is 0.221 e. The Morgan fingerprint density at radius 1 is 1.22 bits per heavy atom. The summed E-state index contributed by atoms with van der Waals surface area (Å²) in [6, 6.07) is 11.4. The van der Waals surface area contributed by atoms with E-state index in [9.17, 15) is 4.79 Å². The third-order valence-electron chi connectivity index (χ3n) is 2.22. The number of rotatable bonds is 3. The molecular weight excluding hydrogens is 294 g/mol. The van der Waals surface area contributed by atoms with Crippen LogP contribution in [0.3, 0.4) is 0 Å². The lowest BCUT2D eigenvalue weighted by molar-refractivity contribution is -0.114. The van der Waals surface area contributed by atoms with Gasteiger partial charge in [-0.05, 0) is 40.2 Å². The average molecular weight is 306 g/mol. The van der Waals surface area contributed by atoms with Gasteiger partial charge in [-0.15, -0.1) is 0 Å². The lowest BCUT2D eigenvalue weighted by atomic mass is 10.3. The molecule has 4 nitrogen and oxygen atoms in total. The van der Waals surface area contributed by atoms with Crippen molar-refractivity contribution in [1.29, 1.82) is 0 Å². The number of benzene rings is 1. The number of nitrogens with one attached hydrogen (secondary N) is 2. The number of carbonyl (C=O) groups excluding carboxylic acids is 1. The minimum Gasteiger partial charge on any atom is -0.339 e. The number of hydrogen-bond acceptors (Lipinski definition) is 3. The van der Waals surface area contributed by atoms with E-state index in [0.717, 1.165) is 16.0 Å². The predicted molar refractivity (Wildman–Crippen MR) is 76.0 cm³/mol. The molecule has 0 saturated carbocycles. The Balaban J connectivity index is 2.11. The molecule has 0 bridgehead atoms. The second-order valence-corrected chi connectivity index (χ2v) is 4.57. The highest BCUT2D eigenvalue weighted by molar-refractivity contribution is 9.10. The number of amides is 1. The number of para-hydroxylation sites is 1. The zero-order chi connectivity index (χ0) is 13.0. The van der Waals surface area contributed by atoms with E-state index < -0.39 is 0 Å². The minimum absolute atomic E-state index is 0.108. The Bertz CT molecular complexity index is 554. The number of halogens is 1. The van der Waals surface area contributed by atoms with E-state index in [-0.39, 0.29) is 5.91 Å². The quantitative estimate of drug-likeness (QED) is 0.912. The largest absolute Gasteiger partial charge is 0.339 e. The van der Waals surface area contributed by atoms with Crippen molar-refractivity contribution in [2.45, 2.75) is 6.92 Å². The molecule has 92 valence electrons. The zero-order valence-corrected chi connectivity index (χ0v) is 11.4. The molecule has 0 aliphatic heterocycles. The van der Waals surface area contributed by atoms with Crippen molar-refractivity contribution in [2.75, 3.05) is 10.6 Å². The molecule has 2 N–H and O–H groups in total. The lowest BCUT2D eigenvalue weighted by Crippen LogP contribution is -2.06. The topological polar surface area (TPSA) is 54.0 Å². The van der Waals surface area contributed by atoms with Gasteiger partial charge in [0, 0.05) is 11.4 Å². The molecule has 1 amide bonds. The molecule has 0 aliphatic rings. The van der Waals surface area contributed by atoms with Crippen LogP contribution in [0.25, 0.3) is 0 Å². The molecule has 0 fully saturated rings. The van der Waals surface area contributed by atoms with Crippen LogP contribution in [0.2, 0.25) is 0 Å². The van der Waals surface area contributed by atoms with Gasteiger partial charge in [0.2, 0.25) is 5.91 Å². The Morgan fingerprint density at radius 3 is 2.61 bits per heavy atom. The van der Waals surface area contributed by atoms with Crippen LogP contribution < -0.4 is 10.6 Å². The van der Waals surface area contributed by atoms with Crippen molar-refractivity contribution in [2.24, 2.45) is 0 Å². The van der Waals surface area contributed by atoms with Gasteiger partial charge in [0.1, 0.15) is 5.82 Å². The van der Waals surface area contributed by atoms with Crippen molar-refractivity contribution < 1.29 is 4.79 Å². The van der Waals surface area contributed by atoms with E-state index >= 15 is 0 Å². The van der Waals surface area contributed by atoms with Crippen molar-refractivity contribution >= 4 is 39.0 Å². The van der Waals surface area contributed by atoms with Crippen molar-refractivity contribution in [3.05, 3.63) is 47.1 Å². The third kappa shape index (κ3) is 3.30. The SMILES string of the molecule is CC(=O)Nc1ccc(Nc2ccccc2Br)nc1. The van der Waals surface area contributed by atoms with Crippen molar-refractivity contribution in [3.63, 3.8) is 0 Å². The van der Waals surface area contributed by atoms with Gasteiger partial charge in [0.15, 0.2) is 0 Å². The molecule has 1 heterocycles. The highest BCUT2D eigenvalue weighted by Gasteiger charge is 2.01. The highest BCUT2D eigenvalue weighted by Crippen LogP contribution is 2.24. The van der Waals surface area contributed by atoms with Crippen LogP contribution in [0.4, 0.5) is 17.2 Å². The molecular formula is C13H12BrN3O. The van der Waals surface area contributed by atoms with E-state index in [1.165, 1.54) is 6.92 Å². The molecule has 0 aliphatic carbocycles. The standard InChI is InChI=1S/C13H12BrN3O/c1-9(18)16-10-6-7-13(15-8-10)17-12-5-3-2-4-11(12)14/h2-8H,1H3,(H,15,17)(H,16,18). The number of carbonyl (C=O) groups is 1. The van der Waals surface area contributed by atoms with Gasteiger partial charge in [-0.2, -0.15) is 0 Å². The summed E-state index contributed by atoms with van der Waals surface area (Å²) in [5.41, 5.74) is 1.62. The fourth-order valence-electron chi connectivity index (χ4n) is 1.45. The van der Waals surface area contributed by atoms with Crippen LogP contribution in [-0.4, -0.2) is 10.9 Å². The van der Waals surface area contributed by atoms with Gasteiger partial charge in [-0.3, -0.25) is 4.79 Å². The Kier molecular flexibility index (Phi) is 3.94. The van der Waals surface area contributed by atoms with Crippen LogP contribution in [0, 0.1) is 0 Å². The first-order valence-electron chi connectivity index (χ1n) is 5.40. The first-order valence-corrected chi connectivity index (χ1v) is 6.19. The fourth-order valence-corrected chi connectivity index (χ4v) is 1.83. The van der Waals surface area contributed by atoms with Crippen molar-refractivity contribution in [3.8, 4) is 0 Å². The monoisotopic (exact) mass is 305 g/mol. The normalized spacial score (nSPS) is 9.89. The molecule has 2 rings (SSSR count). The fraction of sp³-hybridized carbons (Fsp3) is 0.0769. The first kappa shape index (κ1) is 12.6. The Hall–Kier alpha value is -1.88. The zero-order valence-electron chi connectivity index (χ0n) is 9.77. The third-order valence-corrected chi connectivity index (χ3v) is 2.91. The van der Waals surface area contributed by atoms with Crippen molar-refractivity contribution in [1.82, 2.24) is 4.98 Å². The van der Waals surface area contributed by atoms with Crippen LogP contribution in [0.1, 0.15) is 6.92 Å². The molecule has 1 aromatic heterocycles. The minimum atomic E-state index is -0.108. The maximum absolute atomic E-state index is 10.9. The van der Waals surface area contributed by atoms with Gasteiger partial charge < -0.3 is 10.6 Å². The molecule has 1 aromatic carbocycles. The molecule has 0 spiro atoms. The first-order chi connectivity index (χ1) is 8.65. The molecule has 2 aromatic rings. The van der Waals surface area contributed by atoms with E-state index in [4.69, 9.17) is 0 Å². The van der Waals surface area contributed by atoms with E-state index in [1.54, 1.807) is 12.3 Å². The number of hydrogen-bond donors (Lipinski definition) is 2. The summed E-state index contributed by atoms with van der Waals surface area (Å²) in [6.45, 7) is 1.47. The van der Waals surface area contributed by atoms with Crippen LogP contribution in [0.15, 0.2) is 47.1 Å². The van der Waals surface area contributed by atoms with Gasteiger partial charge in [-0.1, -0.05) is 12.1 Å². The summed E-state index contributed by atoms with van der Waals surface area (Å²) < 4.78 is 0.970. The highest BCUT2D eigenvalue weighted by atomic mass is 79.9. The number of anilines is 3. The molecule has 0 saturated heterocycles. The predicted octanol–water partition coefficient (Wildman–Crippen LogP) is 3.55. The molecule has 18 heavy (non-hydrogen) atoms.